The van der Waals surface area contributed by atoms with Crippen molar-refractivity contribution < 1.29 is 4.74 Å². The summed E-state index contributed by atoms with van der Waals surface area (Å²) in [6, 6.07) is 11.8. The fraction of sp³-hybridized carbons (Fsp3) is 0.154. The summed E-state index contributed by atoms with van der Waals surface area (Å²) in [5.74, 6) is 0.873. The number of benzene rings is 1. The van der Waals surface area contributed by atoms with Crippen LogP contribution in [0.1, 0.15) is 11.3 Å². The molecule has 3 heteroatoms. The summed E-state index contributed by atoms with van der Waals surface area (Å²) < 4.78 is 6.64. The summed E-state index contributed by atoms with van der Waals surface area (Å²) in [7, 11) is 0. The Bertz CT molecular complexity index is 485. The number of aromatic nitrogens is 1. The molecule has 16 heavy (non-hydrogen) atoms. The molecule has 82 valence electrons. The Morgan fingerprint density at radius 3 is 2.88 bits per heavy atom. The van der Waals surface area contributed by atoms with Gasteiger partial charge in [-0.15, -0.1) is 0 Å². The molecule has 1 heterocycles. The van der Waals surface area contributed by atoms with Gasteiger partial charge in [0.1, 0.15) is 12.4 Å². The van der Waals surface area contributed by atoms with Crippen LogP contribution in [0.5, 0.6) is 5.75 Å². The molecular weight excluding hydrogens is 266 g/mol. The molecule has 1 aromatic heterocycles. The Balaban J connectivity index is 2.05. The van der Waals surface area contributed by atoms with Crippen LogP contribution in [0.25, 0.3) is 0 Å². The number of aryl methyl sites for hydroxylation is 1. The van der Waals surface area contributed by atoms with E-state index in [0.29, 0.717) is 6.61 Å². The smallest absolute Gasteiger partial charge is 0.131 e. The first-order valence-electron chi connectivity index (χ1n) is 5.04. The number of ether oxygens (including phenoxy) is 1. The van der Waals surface area contributed by atoms with Gasteiger partial charge in [-0.05, 0) is 52.7 Å². The van der Waals surface area contributed by atoms with Crippen LogP contribution < -0.4 is 4.74 Å². The second-order valence-electron chi connectivity index (χ2n) is 3.54. The van der Waals surface area contributed by atoms with Crippen molar-refractivity contribution in [2.75, 3.05) is 0 Å². The molecule has 0 N–H and O–H groups in total. The molecule has 0 unspecified atom stereocenters. The number of pyridine rings is 1. The number of hydrogen-bond acceptors (Lipinski definition) is 2. The third kappa shape index (κ3) is 2.83. The van der Waals surface area contributed by atoms with Crippen LogP contribution in [0, 0.1) is 6.92 Å². The van der Waals surface area contributed by atoms with Gasteiger partial charge in [0.2, 0.25) is 0 Å². The van der Waals surface area contributed by atoms with E-state index in [0.717, 1.165) is 15.9 Å². The largest absolute Gasteiger partial charge is 0.487 e. The Hall–Kier alpha value is -1.35. The van der Waals surface area contributed by atoms with Crippen molar-refractivity contribution in [3.8, 4) is 5.75 Å². The van der Waals surface area contributed by atoms with Gasteiger partial charge >= 0.3 is 0 Å². The van der Waals surface area contributed by atoms with Crippen LogP contribution in [0.2, 0.25) is 0 Å². The van der Waals surface area contributed by atoms with Crippen LogP contribution in [0.15, 0.2) is 47.1 Å². The Labute approximate surface area is 103 Å². The molecule has 2 nitrogen and oxygen atoms in total. The minimum absolute atomic E-state index is 0.477. The second kappa shape index (κ2) is 5.12. The lowest BCUT2D eigenvalue weighted by molar-refractivity contribution is 0.300. The quantitative estimate of drug-likeness (QED) is 0.853. The molecule has 0 amide bonds. The highest BCUT2D eigenvalue weighted by Gasteiger charge is 2.01. The molecule has 0 saturated heterocycles. The molecule has 0 radical (unpaired) electrons. The number of rotatable bonds is 3. The van der Waals surface area contributed by atoms with Gasteiger partial charge in [-0.2, -0.15) is 0 Å². The number of hydrogen-bond donors (Lipinski definition) is 0. The summed E-state index contributed by atoms with van der Waals surface area (Å²) in [5, 5.41) is 0. The Morgan fingerprint density at radius 1 is 1.25 bits per heavy atom. The molecule has 0 aliphatic rings. The third-order valence-corrected chi connectivity index (χ3v) is 2.92. The van der Waals surface area contributed by atoms with E-state index in [1.807, 2.05) is 43.3 Å². The van der Waals surface area contributed by atoms with Gasteiger partial charge in [0, 0.05) is 10.7 Å². The summed E-state index contributed by atoms with van der Waals surface area (Å²) in [5.41, 5.74) is 2.10. The van der Waals surface area contributed by atoms with Crippen LogP contribution in [-0.4, -0.2) is 4.98 Å². The molecule has 0 bridgehead atoms. The fourth-order valence-electron chi connectivity index (χ4n) is 1.38. The molecule has 0 atom stereocenters. The van der Waals surface area contributed by atoms with E-state index in [1.165, 1.54) is 5.56 Å². The highest BCUT2D eigenvalue weighted by Crippen LogP contribution is 2.17. The SMILES string of the molecule is Cc1cccc(OCc2ncccc2Br)c1. The van der Waals surface area contributed by atoms with Crippen molar-refractivity contribution in [3.63, 3.8) is 0 Å². The number of nitrogens with zero attached hydrogens (tertiary/aromatic N) is 1. The first kappa shape index (κ1) is 11.1. The predicted octanol–water partition coefficient (Wildman–Crippen LogP) is 3.73. The van der Waals surface area contributed by atoms with E-state index in [2.05, 4.69) is 20.9 Å². The number of halogens is 1. The molecule has 0 aliphatic heterocycles. The van der Waals surface area contributed by atoms with Crippen LogP contribution in [0.4, 0.5) is 0 Å². The van der Waals surface area contributed by atoms with Gasteiger partial charge in [-0.25, -0.2) is 0 Å². The second-order valence-corrected chi connectivity index (χ2v) is 4.39. The van der Waals surface area contributed by atoms with Crippen molar-refractivity contribution in [1.82, 2.24) is 4.98 Å². The fourth-order valence-corrected chi connectivity index (χ4v) is 1.75. The van der Waals surface area contributed by atoms with Gasteiger partial charge in [-0.1, -0.05) is 12.1 Å². The molecule has 0 fully saturated rings. The lowest BCUT2D eigenvalue weighted by Crippen LogP contribution is -1.98. The van der Waals surface area contributed by atoms with Gasteiger partial charge in [0.05, 0.1) is 5.69 Å². The maximum atomic E-state index is 5.66. The minimum atomic E-state index is 0.477. The van der Waals surface area contributed by atoms with Crippen LogP contribution >= 0.6 is 15.9 Å². The predicted molar refractivity (Wildman–Crippen MR) is 67.4 cm³/mol. The van der Waals surface area contributed by atoms with E-state index in [4.69, 9.17) is 4.74 Å². The van der Waals surface area contributed by atoms with Crippen molar-refractivity contribution in [3.05, 3.63) is 58.3 Å². The average molecular weight is 278 g/mol. The van der Waals surface area contributed by atoms with Crippen molar-refractivity contribution in [2.45, 2.75) is 13.5 Å². The minimum Gasteiger partial charge on any atom is -0.487 e. The van der Waals surface area contributed by atoms with Crippen molar-refractivity contribution >= 4 is 15.9 Å². The highest BCUT2D eigenvalue weighted by molar-refractivity contribution is 9.10. The van der Waals surface area contributed by atoms with Crippen molar-refractivity contribution in [2.24, 2.45) is 0 Å². The molecule has 0 aliphatic carbocycles. The Morgan fingerprint density at radius 2 is 2.12 bits per heavy atom. The maximum Gasteiger partial charge on any atom is 0.131 e. The highest BCUT2D eigenvalue weighted by atomic mass is 79.9. The summed E-state index contributed by atoms with van der Waals surface area (Å²) >= 11 is 3.44. The van der Waals surface area contributed by atoms with Crippen LogP contribution in [0.3, 0.4) is 0 Å². The van der Waals surface area contributed by atoms with Gasteiger partial charge in [0.15, 0.2) is 0 Å². The molecule has 0 saturated carbocycles. The van der Waals surface area contributed by atoms with E-state index < -0.39 is 0 Å². The monoisotopic (exact) mass is 277 g/mol. The Kier molecular flexibility index (Phi) is 3.57. The first-order chi connectivity index (χ1) is 7.75. The third-order valence-electron chi connectivity index (χ3n) is 2.20. The van der Waals surface area contributed by atoms with E-state index in [-0.39, 0.29) is 0 Å². The van der Waals surface area contributed by atoms with Gasteiger partial charge < -0.3 is 4.74 Å². The van der Waals surface area contributed by atoms with E-state index in [9.17, 15) is 0 Å². The summed E-state index contributed by atoms with van der Waals surface area (Å²) in [4.78, 5) is 4.24. The molecular formula is C13H12BrNO. The molecule has 2 rings (SSSR count). The van der Waals surface area contributed by atoms with Gasteiger partial charge in [0.25, 0.3) is 0 Å². The zero-order valence-electron chi connectivity index (χ0n) is 8.98. The lowest BCUT2D eigenvalue weighted by Gasteiger charge is -2.07. The zero-order valence-corrected chi connectivity index (χ0v) is 10.6. The van der Waals surface area contributed by atoms with Gasteiger partial charge in [-0.3, -0.25) is 4.98 Å². The topological polar surface area (TPSA) is 22.1 Å². The molecule has 1 aromatic carbocycles. The standard InChI is InChI=1S/C13H12BrNO/c1-10-4-2-5-11(8-10)16-9-13-12(14)6-3-7-15-13/h2-8H,9H2,1H3. The zero-order chi connectivity index (χ0) is 11.4. The normalized spacial score (nSPS) is 10.1. The van der Waals surface area contributed by atoms with E-state index in [1.54, 1.807) is 6.20 Å². The maximum absolute atomic E-state index is 5.66. The first-order valence-corrected chi connectivity index (χ1v) is 5.84. The van der Waals surface area contributed by atoms with Crippen molar-refractivity contribution in [1.29, 1.82) is 0 Å². The summed E-state index contributed by atoms with van der Waals surface area (Å²) in [6.45, 7) is 2.52. The molecule has 2 aromatic rings. The molecule has 0 spiro atoms. The van der Waals surface area contributed by atoms with Crippen LogP contribution in [-0.2, 0) is 6.61 Å². The lowest BCUT2D eigenvalue weighted by atomic mass is 10.2. The van der Waals surface area contributed by atoms with E-state index >= 15 is 0 Å². The average Bonchev–Trinajstić information content (AvgIpc) is 2.28. The summed E-state index contributed by atoms with van der Waals surface area (Å²) in [6.07, 6.45) is 1.76.